The van der Waals surface area contributed by atoms with Crippen molar-refractivity contribution >= 4 is 0 Å². The van der Waals surface area contributed by atoms with Crippen LogP contribution in [0, 0.1) is 6.92 Å². The summed E-state index contributed by atoms with van der Waals surface area (Å²) in [6.07, 6.45) is 0.903. The summed E-state index contributed by atoms with van der Waals surface area (Å²) in [4.78, 5) is 2.11. The summed E-state index contributed by atoms with van der Waals surface area (Å²) in [5.41, 5.74) is 2.24. The fraction of sp³-hybridized carbons (Fsp3) is 0.455. The van der Waals surface area contributed by atoms with Crippen molar-refractivity contribution in [2.24, 2.45) is 0 Å². The van der Waals surface area contributed by atoms with Gasteiger partial charge in [-0.1, -0.05) is 17.7 Å². The first kappa shape index (κ1) is 10.1. The zero-order valence-corrected chi connectivity index (χ0v) is 8.54. The number of phenols is 1. The molecule has 1 aromatic rings. The molecule has 0 aliphatic heterocycles. The number of aryl methyl sites for hydroxylation is 1. The maximum atomic E-state index is 9.53. The molecule has 0 fully saturated rings. The number of hydrogen-bond donors (Lipinski definition) is 1. The van der Waals surface area contributed by atoms with Gasteiger partial charge in [0.1, 0.15) is 5.75 Å². The van der Waals surface area contributed by atoms with Crippen molar-refractivity contribution < 1.29 is 5.11 Å². The number of likely N-dealkylation sites (N-methyl/N-ethyl adjacent to an activating group) is 1. The van der Waals surface area contributed by atoms with Gasteiger partial charge in [0, 0.05) is 6.54 Å². The molecule has 72 valence electrons. The standard InChI is InChI=1S/C11H17NO/c1-9-4-5-11(13)10(8-9)6-7-12(2)3/h4-5,8,13H,6-7H2,1-3H3. The molecule has 0 saturated heterocycles. The highest BCUT2D eigenvalue weighted by Crippen LogP contribution is 2.18. The number of benzene rings is 1. The van der Waals surface area contributed by atoms with Gasteiger partial charge in [0.05, 0.1) is 0 Å². The molecule has 0 bridgehead atoms. The fourth-order valence-electron chi connectivity index (χ4n) is 1.26. The van der Waals surface area contributed by atoms with E-state index in [-0.39, 0.29) is 0 Å². The number of phenolic OH excluding ortho intramolecular Hbond substituents is 1. The number of rotatable bonds is 3. The molecule has 0 aromatic heterocycles. The Hall–Kier alpha value is -1.02. The molecular weight excluding hydrogens is 162 g/mol. The van der Waals surface area contributed by atoms with Crippen molar-refractivity contribution in [1.82, 2.24) is 4.90 Å². The fourth-order valence-corrected chi connectivity index (χ4v) is 1.26. The lowest BCUT2D eigenvalue weighted by Crippen LogP contribution is -2.15. The summed E-state index contributed by atoms with van der Waals surface area (Å²) in [5.74, 6) is 0.410. The van der Waals surface area contributed by atoms with Crippen LogP contribution in [0.2, 0.25) is 0 Å². The number of hydrogen-bond acceptors (Lipinski definition) is 2. The predicted molar refractivity (Wildman–Crippen MR) is 55.1 cm³/mol. The van der Waals surface area contributed by atoms with Gasteiger partial charge in [-0.05, 0) is 39.1 Å². The molecule has 0 heterocycles. The van der Waals surface area contributed by atoms with E-state index in [1.54, 1.807) is 6.07 Å². The minimum atomic E-state index is 0.410. The molecule has 0 aliphatic rings. The Kier molecular flexibility index (Phi) is 3.32. The molecule has 0 radical (unpaired) electrons. The third kappa shape index (κ3) is 3.07. The second kappa shape index (κ2) is 4.28. The van der Waals surface area contributed by atoms with Crippen LogP contribution in [0.15, 0.2) is 18.2 Å². The van der Waals surface area contributed by atoms with Crippen molar-refractivity contribution in [2.45, 2.75) is 13.3 Å². The van der Waals surface area contributed by atoms with E-state index in [4.69, 9.17) is 0 Å². The summed E-state index contributed by atoms with van der Waals surface area (Å²) in [6, 6.07) is 5.73. The van der Waals surface area contributed by atoms with E-state index in [2.05, 4.69) is 4.90 Å². The molecule has 0 aliphatic carbocycles. The third-order valence-corrected chi connectivity index (χ3v) is 2.06. The van der Waals surface area contributed by atoms with Crippen molar-refractivity contribution in [3.05, 3.63) is 29.3 Å². The number of aromatic hydroxyl groups is 1. The first-order chi connectivity index (χ1) is 6.09. The molecule has 0 spiro atoms. The molecule has 0 amide bonds. The van der Waals surface area contributed by atoms with E-state index < -0.39 is 0 Å². The lowest BCUT2D eigenvalue weighted by Gasteiger charge is -2.10. The highest BCUT2D eigenvalue weighted by Gasteiger charge is 2.01. The SMILES string of the molecule is Cc1ccc(O)c(CCN(C)C)c1. The van der Waals surface area contributed by atoms with E-state index in [0.29, 0.717) is 5.75 Å². The van der Waals surface area contributed by atoms with Gasteiger partial charge in [-0.3, -0.25) is 0 Å². The predicted octanol–water partition coefficient (Wildman–Crippen LogP) is 1.80. The van der Waals surface area contributed by atoms with Crippen LogP contribution in [0.4, 0.5) is 0 Å². The van der Waals surface area contributed by atoms with Crippen LogP contribution >= 0.6 is 0 Å². The lowest BCUT2D eigenvalue weighted by molar-refractivity contribution is 0.406. The first-order valence-corrected chi connectivity index (χ1v) is 4.53. The molecule has 0 saturated carbocycles. The van der Waals surface area contributed by atoms with Crippen LogP contribution in [0.25, 0.3) is 0 Å². The first-order valence-electron chi connectivity index (χ1n) is 4.53. The zero-order valence-electron chi connectivity index (χ0n) is 8.54. The molecule has 1 rings (SSSR count). The molecule has 0 unspecified atom stereocenters. The van der Waals surface area contributed by atoms with Crippen LogP contribution in [-0.2, 0) is 6.42 Å². The van der Waals surface area contributed by atoms with E-state index in [0.717, 1.165) is 18.5 Å². The van der Waals surface area contributed by atoms with Crippen LogP contribution in [0.1, 0.15) is 11.1 Å². The third-order valence-electron chi connectivity index (χ3n) is 2.06. The minimum absolute atomic E-state index is 0.410. The Morgan fingerprint density at radius 2 is 2.00 bits per heavy atom. The molecule has 1 N–H and O–H groups in total. The van der Waals surface area contributed by atoms with E-state index in [1.807, 2.05) is 33.2 Å². The Morgan fingerprint density at radius 1 is 1.31 bits per heavy atom. The van der Waals surface area contributed by atoms with Gasteiger partial charge in [-0.25, -0.2) is 0 Å². The van der Waals surface area contributed by atoms with Gasteiger partial charge >= 0.3 is 0 Å². The van der Waals surface area contributed by atoms with Crippen LogP contribution < -0.4 is 0 Å². The van der Waals surface area contributed by atoms with Crippen molar-refractivity contribution in [1.29, 1.82) is 0 Å². The summed E-state index contributed by atoms with van der Waals surface area (Å²) >= 11 is 0. The molecule has 2 nitrogen and oxygen atoms in total. The largest absolute Gasteiger partial charge is 0.508 e. The van der Waals surface area contributed by atoms with E-state index in [9.17, 15) is 5.11 Å². The van der Waals surface area contributed by atoms with Gasteiger partial charge in [0.25, 0.3) is 0 Å². The van der Waals surface area contributed by atoms with Crippen molar-refractivity contribution in [2.75, 3.05) is 20.6 Å². The molecule has 1 aromatic carbocycles. The Balaban J connectivity index is 2.70. The normalized spacial score (nSPS) is 10.8. The van der Waals surface area contributed by atoms with Crippen LogP contribution in [-0.4, -0.2) is 30.6 Å². The highest BCUT2D eigenvalue weighted by atomic mass is 16.3. The topological polar surface area (TPSA) is 23.5 Å². The summed E-state index contributed by atoms with van der Waals surface area (Å²) in [7, 11) is 4.07. The minimum Gasteiger partial charge on any atom is -0.508 e. The quantitative estimate of drug-likeness (QED) is 0.765. The summed E-state index contributed by atoms with van der Waals surface area (Å²) in [6.45, 7) is 3.01. The molecule has 0 atom stereocenters. The Labute approximate surface area is 79.8 Å². The van der Waals surface area contributed by atoms with E-state index >= 15 is 0 Å². The molecule has 13 heavy (non-hydrogen) atoms. The Bertz CT molecular complexity index is 281. The van der Waals surface area contributed by atoms with Gasteiger partial charge in [0.2, 0.25) is 0 Å². The van der Waals surface area contributed by atoms with Crippen molar-refractivity contribution in [3.8, 4) is 5.75 Å². The van der Waals surface area contributed by atoms with Crippen LogP contribution in [0.3, 0.4) is 0 Å². The maximum absolute atomic E-state index is 9.53. The van der Waals surface area contributed by atoms with Gasteiger partial charge in [-0.15, -0.1) is 0 Å². The van der Waals surface area contributed by atoms with Gasteiger partial charge < -0.3 is 10.0 Å². The van der Waals surface area contributed by atoms with Gasteiger partial charge in [0.15, 0.2) is 0 Å². The highest BCUT2D eigenvalue weighted by molar-refractivity contribution is 5.35. The molecule has 2 heteroatoms. The lowest BCUT2D eigenvalue weighted by atomic mass is 10.1. The average molecular weight is 179 g/mol. The summed E-state index contributed by atoms with van der Waals surface area (Å²) in [5, 5.41) is 9.53. The average Bonchev–Trinajstić information content (AvgIpc) is 2.06. The number of nitrogens with zero attached hydrogens (tertiary/aromatic N) is 1. The Morgan fingerprint density at radius 3 is 2.62 bits per heavy atom. The maximum Gasteiger partial charge on any atom is 0.118 e. The van der Waals surface area contributed by atoms with E-state index in [1.165, 1.54) is 5.56 Å². The van der Waals surface area contributed by atoms with Gasteiger partial charge in [-0.2, -0.15) is 0 Å². The van der Waals surface area contributed by atoms with Crippen LogP contribution in [0.5, 0.6) is 5.75 Å². The zero-order chi connectivity index (χ0) is 9.84. The second-order valence-corrected chi connectivity index (χ2v) is 3.69. The second-order valence-electron chi connectivity index (χ2n) is 3.69. The smallest absolute Gasteiger partial charge is 0.118 e. The monoisotopic (exact) mass is 179 g/mol. The van der Waals surface area contributed by atoms with Crippen molar-refractivity contribution in [3.63, 3.8) is 0 Å². The molecular formula is C11H17NO. The summed E-state index contributed by atoms with van der Waals surface area (Å²) < 4.78 is 0.